The van der Waals surface area contributed by atoms with E-state index in [-0.39, 0.29) is 11.3 Å². The van der Waals surface area contributed by atoms with Gasteiger partial charge in [-0.2, -0.15) is 13.2 Å². The number of anilines is 2. The molecule has 3 aromatic rings. The molecule has 160 valence electrons. The molecule has 31 heavy (non-hydrogen) atoms. The second-order valence-corrected chi connectivity index (χ2v) is 7.17. The van der Waals surface area contributed by atoms with Gasteiger partial charge in [-0.1, -0.05) is 12.1 Å². The number of carbonyl (C=O) groups excluding carboxylic acids is 2. The normalized spacial score (nSPS) is 11.0. The van der Waals surface area contributed by atoms with Crippen LogP contribution in [0.5, 0.6) is 5.75 Å². The number of halogens is 4. The number of pyridine rings is 1. The zero-order chi connectivity index (χ0) is 22.4. The largest absolute Gasteiger partial charge is 0.484 e. The number of carbonyl (C=O) groups is 2. The van der Waals surface area contributed by atoms with Crippen molar-refractivity contribution in [1.82, 2.24) is 4.98 Å². The second kappa shape index (κ2) is 9.61. The van der Waals surface area contributed by atoms with E-state index in [1.165, 1.54) is 24.4 Å². The number of aromatic nitrogens is 1. The summed E-state index contributed by atoms with van der Waals surface area (Å²) in [6.45, 7) is -0.499. The number of nitrogens with zero attached hydrogens (tertiary/aromatic N) is 1. The summed E-state index contributed by atoms with van der Waals surface area (Å²) in [5, 5.41) is 5.17. The Hall–Kier alpha value is -3.40. The topological polar surface area (TPSA) is 80.3 Å². The number of rotatable bonds is 6. The van der Waals surface area contributed by atoms with Gasteiger partial charge in [-0.3, -0.25) is 9.59 Å². The summed E-state index contributed by atoms with van der Waals surface area (Å²) in [6, 6.07) is 13.7. The van der Waals surface area contributed by atoms with E-state index < -0.39 is 30.2 Å². The van der Waals surface area contributed by atoms with Crippen molar-refractivity contribution in [1.29, 1.82) is 0 Å². The maximum absolute atomic E-state index is 12.7. The first-order valence-corrected chi connectivity index (χ1v) is 9.63. The molecule has 0 aliphatic carbocycles. The standard InChI is InChI=1S/C21H15BrF3N3O3/c22-15-7-8-18(26-11-15)28-20(30)13-3-1-5-16(9-13)27-19(29)12-31-17-6-2-4-14(10-17)21(23,24)25/h1-11H,12H2,(H,27,29)(H,26,28,30). The van der Waals surface area contributed by atoms with Crippen molar-refractivity contribution in [2.24, 2.45) is 0 Å². The van der Waals surface area contributed by atoms with Crippen LogP contribution in [0.2, 0.25) is 0 Å². The summed E-state index contributed by atoms with van der Waals surface area (Å²) in [6.07, 6.45) is -2.97. The van der Waals surface area contributed by atoms with Crippen molar-refractivity contribution < 1.29 is 27.5 Å². The van der Waals surface area contributed by atoms with Gasteiger partial charge < -0.3 is 15.4 Å². The highest BCUT2D eigenvalue weighted by atomic mass is 79.9. The molecule has 0 aliphatic heterocycles. The molecule has 10 heteroatoms. The molecule has 6 nitrogen and oxygen atoms in total. The third-order valence-corrected chi connectivity index (χ3v) is 4.38. The van der Waals surface area contributed by atoms with Crippen LogP contribution in [0.4, 0.5) is 24.7 Å². The lowest BCUT2D eigenvalue weighted by Crippen LogP contribution is -2.21. The van der Waals surface area contributed by atoms with Crippen LogP contribution in [-0.2, 0) is 11.0 Å². The molecule has 3 rings (SSSR count). The summed E-state index contributed by atoms with van der Waals surface area (Å²) >= 11 is 3.25. The van der Waals surface area contributed by atoms with Gasteiger partial charge in [-0.15, -0.1) is 0 Å². The van der Waals surface area contributed by atoms with E-state index >= 15 is 0 Å². The summed E-state index contributed by atoms with van der Waals surface area (Å²) < 4.78 is 44.1. The fourth-order valence-electron chi connectivity index (χ4n) is 2.48. The van der Waals surface area contributed by atoms with Crippen molar-refractivity contribution in [3.8, 4) is 5.75 Å². The molecule has 2 amide bonds. The molecular weight excluding hydrogens is 479 g/mol. The van der Waals surface area contributed by atoms with Crippen LogP contribution in [-0.4, -0.2) is 23.4 Å². The fraction of sp³-hybridized carbons (Fsp3) is 0.0952. The zero-order valence-corrected chi connectivity index (χ0v) is 17.3. The Morgan fingerprint density at radius 2 is 1.77 bits per heavy atom. The van der Waals surface area contributed by atoms with Crippen LogP contribution >= 0.6 is 15.9 Å². The molecule has 0 aliphatic rings. The molecule has 0 bridgehead atoms. The Morgan fingerprint density at radius 1 is 1.00 bits per heavy atom. The number of alkyl halides is 3. The van der Waals surface area contributed by atoms with Crippen molar-refractivity contribution >= 4 is 39.2 Å². The lowest BCUT2D eigenvalue weighted by Gasteiger charge is -2.11. The van der Waals surface area contributed by atoms with Gasteiger partial charge in [0, 0.05) is 21.9 Å². The molecular formula is C21H15BrF3N3O3. The quantitative estimate of drug-likeness (QED) is 0.498. The predicted molar refractivity (Wildman–Crippen MR) is 112 cm³/mol. The van der Waals surface area contributed by atoms with Crippen molar-refractivity contribution in [3.05, 3.63) is 82.5 Å². The zero-order valence-electron chi connectivity index (χ0n) is 15.7. The molecule has 2 aromatic carbocycles. The van der Waals surface area contributed by atoms with E-state index in [0.29, 0.717) is 11.5 Å². The average molecular weight is 494 g/mol. The second-order valence-electron chi connectivity index (χ2n) is 6.26. The Morgan fingerprint density at radius 3 is 2.48 bits per heavy atom. The first-order chi connectivity index (χ1) is 14.7. The minimum Gasteiger partial charge on any atom is -0.484 e. The summed E-state index contributed by atoms with van der Waals surface area (Å²) in [7, 11) is 0. The number of hydrogen-bond donors (Lipinski definition) is 2. The monoisotopic (exact) mass is 493 g/mol. The highest BCUT2D eigenvalue weighted by molar-refractivity contribution is 9.10. The van der Waals surface area contributed by atoms with E-state index in [0.717, 1.165) is 16.6 Å². The fourth-order valence-corrected chi connectivity index (χ4v) is 2.72. The minimum atomic E-state index is -4.51. The van der Waals surface area contributed by atoms with Crippen LogP contribution in [0.25, 0.3) is 0 Å². The van der Waals surface area contributed by atoms with Crippen LogP contribution in [0, 0.1) is 0 Å². The average Bonchev–Trinajstić information content (AvgIpc) is 2.74. The van der Waals surface area contributed by atoms with Gasteiger partial charge in [-0.25, -0.2) is 4.98 Å². The van der Waals surface area contributed by atoms with Gasteiger partial charge in [0.25, 0.3) is 11.8 Å². The van der Waals surface area contributed by atoms with Gasteiger partial charge in [0.1, 0.15) is 11.6 Å². The lowest BCUT2D eigenvalue weighted by molar-refractivity contribution is -0.137. The highest BCUT2D eigenvalue weighted by Crippen LogP contribution is 2.31. The van der Waals surface area contributed by atoms with Gasteiger partial charge >= 0.3 is 6.18 Å². The number of hydrogen-bond acceptors (Lipinski definition) is 4. The van der Waals surface area contributed by atoms with Gasteiger partial charge in [0.2, 0.25) is 0 Å². The van der Waals surface area contributed by atoms with Crippen LogP contribution < -0.4 is 15.4 Å². The summed E-state index contributed by atoms with van der Waals surface area (Å²) in [5.74, 6) is -0.743. The maximum Gasteiger partial charge on any atom is 0.416 e. The van der Waals surface area contributed by atoms with E-state index in [4.69, 9.17) is 4.74 Å². The van der Waals surface area contributed by atoms with Crippen LogP contribution in [0.1, 0.15) is 15.9 Å². The first kappa shape index (κ1) is 22.3. The number of amides is 2. The van der Waals surface area contributed by atoms with E-state index in [9.17, 15) is 22.8 Å². The smallest absolute Gasteiger partial charge is 0.416 e. The predicted octanol–water partition coefficient (Wildman–Crippen LogP) is 5.13. The molecule has 1 heterocycles. The highest BCUT2D eigenvalue weighted by Gasteiger charge is 2.30. The molecule has 0 saturated carbocycles. The Labute approximate surface area is 183 Å². The minimum absolute atomic E-state index is 0.0832. The van der Waals surface area contributed by atoms with Gasteiger partial charge in [0.15, 0.2) is 6.61 Å². The van der Waals surface area contributed by atoms with E-state index in [1.54, 1.807) is 30.3 Å². The Balaban J connectivity index is 1.58. The van der Waals surface area contributed by atoms with Crippen LogP contribution in [0.15, 0.2) is 71.3 Å². The Kier molecular flexibility index (Phi) is 6.91. The van der Waals surface area contributed by atoms with Gasteiger partial charge in [0.05, 0.1) is 5.56 Å². The third kappa shape index (κ3) is 6.54. The van der Waals surface area contributed by atoms with Crippen molar-refractivity contribution in [3.63, 3.8) is 0 Å². The molecule has 2 N–H and O–H groups in total. The molecule has 0 radical (unpaired) electrons. The van der Waals surface area contributed by atoms with Crippen molar-refractivity contribution in [2.75, 3.05) is 17.2 Å². The SMILES string of the molecule is O=C(COc1cccc(C(F)(F)F)c1)Nc1cccc(C(=O)Nc2ccc(Br)cn2)c1. The molecule has 1 aromatic heterocycles. The molecule has 0 unspecified atom stereocenters. The Bertz CT molecular complexity index is 1090. The van der Waals surface area contributed by atoms with E-state index in [1.807, 2.05) is 0 Å². The number of benzene rings is 2. The number of ether oxygens (including phenoxy) is 1. The first-order valence-electron chi connectivity index (χ1n) is 8.83. The molecule has 0 fully saturated rings. The molecule has 0 atom stereocenters. The number of nitrogens with one attached hydrogen (secondary N) is 2. The summed E-state index contributed by atoms with van der Waals surface area (Å²) in [5.41, 5.74) is -0.264. The van der Waals surface area contributed by atoms with Gasteiger partial charge in [-0.05, 0) is 64.5 Å². The molecule has 0 saturated heterocycles. The lowest BCUT2D eigenvalue weighted by atomic mass is 10.2. The maximum atomic E-state index is 12.7. The van der Waals surface area contributed by atoms with Crippen molar-refractivity contribution in [2.45, 2.75) is 6.18 Å². The third-order valence-electron chi connectivity index (χ3n) is 3.91. The summed E-state index contributed by atoms with van der Waals surface area (Å²) in [4.78, 5) is 28.5. The van der Waals surface area contributed by atoms with Crippen LogP contribution in [0.3, 0.4) is 0 Å². The molecule has 0 spiro atoms. The van der Waals surface area contributed by atoms with E-state index in [2.05, 4.69) is 31.5 Å².